The van der Waals surface area contributed by atoms with E-state index in [2.05, 4.69) is 15.0 Å². The summed E-state index contributed by atoms with van der Waals surface area (Å²) in [5.41, 5.74) is 0. The third-order valence-corrected chi connectivity index (χ3v) is 3.98. The molecule has 90 valence electrons. The summed E-state index contributed by atoms with van der Waals surface area (Å²) in [4.78, 5) is 3.85. The molecule has 1 aromatic heterocycles. The van der Waals surface area contributed by atoms with Gasteiger partial charge in [0.1, 0.15) is 0 Å². The summed E-state index contributed by atoms with van der Waals surface area (Å²) in [5.74, 6) is 0. The molecule has 0 bridgehead atoms. The van der Waals surface area contributed by atoms with Crippen molar-refractivity contribution in [1.82, 2.24) is 19.6 Å². The van der Waals surface area contributed by atoms with Crippen molar-refractivity contribution in [3.8, 4) is 0 Å². The Bertz CT molecular complexity index is 448. The zero-order chi connectivity index (χ0) is 11.6. The fourth-order valence-corrected chi connectivity index (χ4v) is 3.01. The molecule has 0 radical (unpaired) electrons. The van der Waals surface area contributed by atoms with E-state index in [9.17, 15) is 8.42 Å². The van der Waals surface area contributed by atoms with Crippen LogP contribution < -0.4 is 10.0 Å². The van der Waals surface area contributed by atoms with Gasteiger partial charge in [-0.25, -0.2) is 18.1 Å². The summed E-state index contributed by atoms with van der Waals surface area (Å²) < 4.78 is 28.1. The Morgan fingerprint density at radius 1 is 1.62 bits per heavy atom. The van der Waals surface area contributed by atoms with E-state index < -0.39 is 10.0 Å². The monoisotopic (exact) mass is 244 g/mol. The van der Waals surface area contributed by atoms with Crippen LogP contribution in [0.25, 0.3) is 0 Å². The molecule has 0 unspecified atom stereocenters. The van der Waals surface area contributed by atoms with Gasteiger partial charge in [-0.1, -0.05) is 0 Å². The van der Waals surface area contributed by atoms with Crippen LogP contribution in [0.1, 0.15) is 12.8 Å². The molecule has 6 nitrogen and oxygen atoms in total. The molecular weight excluding hydrogens is 228 g/mol. The summed E-state index contributed by atoms with van der Waals surface area (Å²) in [6, 6.07) is -0.0271. The third-order valence-electron chi connectivity index (χ3n) is 2.58. The van der Waals surface area contributed by atoms with E-state index in [1.807, 2.05) is 0 Å². The lowest BCUT2D eigenvalue weighted by molar-refractivity contribution is 0.428. The zero-order valence-electron chi connectivity index (χ0n) is 9.18. The number of rotatable bonds is 3. The van der Waals surface area contributed by atoms with Crippen molar-refractivity contribution < 1.29 is 8.42 Å². The minimum atomic E-state index is -3.46. The Labute approximate surface area is 95.1 Å². The van der Waals surface area contributed by atoms with E-state index in [1.54, 1.807) is 11.6 Å². The van der Waals surface area contributed by atoms with Crippen molar-refractivity contribution in [3.63, 3.8) is 0 Å². The van der Waals surface area contributed by atoms with Crippen molar-refractivity contribution in [2.45, 2.75) is 23.9 Å². The number of imidazole rings is 1. The van der Waals surface area contributed by atoms with E-state index in [1.165, 1.54) is 12.5 Å². The number of piperidine rings is 1. The smallest absolute Gasteiger partial charge is 0.259 e. The largest absolute Gasteiger partial charge is 0.339 e. The molecule has 2 N–H and O–H groups in total. The number of aryl methyl sites for hydroxylation is 1. The van der Waals surface area contributed by atoms with Gasteiger partial charge in [-0.15, -0.1) is 0 Å². The topological polar surface area (TPSA) is 76.0 Å². The first-order chi connectivity index (χ1) is 7.58. The van der Waals surface area contributed by atoms with Gasteiger partial charge in [-0.05, 0) is 19.4 Å². The summed E-state index contributed by atoms with van der Waals surface area (Å²) in [6.45, 7) is 1.65. The van der Waals surface area contributed by atoms with Gasteiger partial charge in [0.15, 0.2) is 5.03 Å². The Hall–Kier alpha value is -0.920. The predicted octanol–water partition coefficient (Wildman–Crippen LogP) is -0.550. The maximum atomic E-state index is 11.9. The highest BCUT2D eigenvalue weighted by molar-refractivity contribution is 7.89. The van der Waals surface area contributed by atoms with E-state index in [4.69, 9.17) is 0 Å². The minimum Gasteiger partial charge on any atom is -0.339 e. The van der Waals surface area contributed by atoms with Gasteiger partial charge in [0.2, 0.25) is 0 Å². The normalized spacial score (nSPS) is 22.2. The number of aromatic nitrogens is 2. The van der Waals surface area contributed by atoms with E-state index in [0.717, 1.165) is 19.4 Å². The van der Waals surface area contributed by atoms with Crippen LogP contribution in [0.5, 0.6) is 0 Å². The molecule has 1 atom stereocenters. The molecule has 1 fully saturated rings. The van der Waals surface area contributed by atoms with Crippen LogP contribution in [0.4, 0.5) is 0 Å². The Kier molecular flexibility index (Phi) is 3.27. The maximum Gasteiger partial charge on any atom is 0.259 e. The molecule has 0 aliphatic carbocycles. The fraction of sp³-hybridized carbons (Fsp3) is 0.667. The van der Waals surface area contributed by atoms with Gasteiger partial charge < -0.3 is 9.88 Å². The van der Waals surface area contributed by atoms with Crippen LogP contribution in [0.15, 0.2) is 17.6 Å². The molecule has 1 aliphatic heterocycles. The molecule has 1 saturated heterocycles. The SMILES string of the molecule is Cn1cnc(S(=O)(=O)N[C@@H]2CCCNC2)c1. The maximum absolute atomic E-state index is 11.9. The van der Waals surface area contributed by atoms with Crippen LogP contribution in [0, 0.1) is 0 Å². The van der Waals surface area contributed by atoms with E-state index in [-0.39, 0.29) is 11.1 Å². The summed E-state index contributed by atoms with van der Waals surface area (Å²) >= 11 is 0. The zero-order valence-corrected chi connectivity index (χ0v) is 10.00. The van der Waals surface area contributed by atoms with Crippen molar-refractivity contribution in [3.05, 3.63) is 12.5 Å². The van der Waals surface area contributed by atoms with Gasteiger partial charge in [0.25, 0.3) is 10.0 Å². The summed E-state index contributed by atoms with van der Waals surface area (Å²) in [6.07, 6.45) is 4.85. The van der Waals surface area contributed by atoms with Crippen LogP contribution in [-0.4, -0.2) is 37.1 Å². The van der Waals surface area contributed by atoms with Crippen molar-refractivity contribution >= 4 is 10.0 Å². The van der Waals surface area contributed by atoms with Crippen LogP contribution >= 0.6 is 0 Å². The quantitative estimate of drug-likeness (QED) is 0.748. The Balaban J connectivity index is 2.07. The van der Waals surface area contributed by atoms with Crippen molar-refractivity contribution in [2.24, 2.45) is 7.05 Å². The molecule has 1 aliphatic rings. The van der Waals surface area contributed by atoms with Gasteiger partial charge in [0.05, 0.1) is 6.33 Å². The highest BCUT2D eigenvalue weighted by Crippen LogP contribution is 2.08. The first kappa shape index (κ1) is 11.6. The number of hydrogen-bond acceptors (Lipinski definition) is 4. The lowest BCUT2D eigenvalue weighted by Crippen LogP contribution is -2.45. The number of hydrogen-bond donors (Lipinski definition) is 2. The van der Waals surface area contributed by atoms with Crippen LogP contribution in [0.3, 0.4) is 0 Å². The standard InChI is InChI=1S/C9H16N4O2S/c1-13-6-9(11-7-13)16(14,15)12-8-3-2-4-10-5-8/h6-8,10,12H,2-5H2,1H3/t8-/m1/s1. The predicted molar refractivity (Wildman–Crippen MR) is 59.4 cm³/mol. The van der Waals surface area contributed by atoms with Gasteiger partial charge in [-0.2, -0.15) is 0 Å². The molecule has 0 saturated carbocycles. The van der Waals surface area contributed by atoms with Gasteiger partial charge in [0, 0.05) is 25.8 Å². The first-order valence-corrected chi connectivity index (χ1v) is 6.77. The number of nitrogens with zero attached hydrogens (tertiary/aromatic N) is 2. The van der Waals surface area contributed by atoms with Crippen molar-refractivity contribution in [2.75, 3.05) is 13.1 Å². The molecule has 7 heteroatoms. The van der Waals surface area contributed by atoms with Gasteiger partial charge >= 0.3 is 0 Å². The molecule has 0 spiro atoms. The molecular formula is C9H16N4O2S. The molecule has 2 rings (SSSR count). The average Bonchev–Trinajstić information content (AvgIpc) is 2.66. The number of nitrogens with one attached hydrogen (secondary N) is 2. The van der Waals surface area contributed by atoms with Crippen LogP contribution in [-0.2, 0) is 17.1 Å². The Morgan fingerprint density at radius 3 is 3.00 bits per heavy atom. The molecule has 1 aromatic rings. The number of sulfonamides is 1. The van der Waals surface area contributed by atoms with E-state index in [0.29, 0.717) is 6.54 Å². The van der Waals surface area contributed by atoms with Crippen LogP contribution in [0.2, 0.25) is 0 Å². The summed E-state index contributed by atoms with van der Waals surface area (Å²) in [5, 5.41) is 3.25. The molecule has 2 heterocycles. The second-order valence-corrected chi connectivity index (χ2v) is 5.70. The third kappa shape index (κ3) is 2.60. The first-order valence-electron chi connectivity index (χ1n) is 5.29. The second kappa shape index (κ2) is 4.52. The summed E-state index contributed by atoms with van der Waals surface area (Å²) in [7, 11) is -1.72. The lowest BCUT2D eigenvalue weighted by atomic mass is 10.1. The highest BCUT2D eigenvalue weighted by atomic mass is 32.2. The molecule has 16 heavy (non-hydrogen) atoms. The van der Waals surface area contributed by atoms with Crippen molar-refractivity contribution in [1.29, 1.82) is 0 Å². The molecule has 0 amide bonds. The minimum absolute atomic E-state index is 0.0271. The fourth-order valence-electron chi connectivity index (χ4n) is 1.76. The van der Waals surface area contributed by atoms with E-state index >= 15 is 0 Å². The lowest BCUT2D eigenvalue weighted by Gasteiger charge is -2.22. The second-order valence-electron chi connectivity index (χ2n) is 4.04. The highest BCUT2D eigenvalue weighted by Gasteiger charge is 2.23. The molecule has 0 aromatic carbocycles. The average molecular weight is 244 g/mol. The van der Waals surface area contributed by atoms with Gasteiger partial charge in [-0.3, -0.25) is 0 Å². The Morgan fingerprint density at radius 2 is 2.44 bits per heavy atom.